The molecular formula is C28H44INO6. The summed E-state index contributed by atoms with van der Waals surface area (Å²) >= 11 is 2.07. The van der Waals surface area contributed by atoms with E-state index in [1.54, 1.807) is 12.1 Å². The second kappa shape index (κ2) is 20.3. The van der Waals surface area contributed by atoms with Crippen LogP contribution >= 0.6 is 22.6 Å². The first-order valence-electron chi connectivity index (χ1n) is 13.2. The van der Waals surface area contributed by atoms with Gasteiger partial charge in [-0.15, -0.1) is 0 Å². The van der Waals surface area contributed by atoms with Crippen LogP contribution in [-0.2, 0) is 20.9 Å². The molecular weight excluding hydrogens is 573 g/mol. The van der Waals surface area contributed by atoms with Crippen molar-refractivity contribution in [1.29, 1.82) is 0 Å². The van der Waals surface area contributed by atoms with E-state index in [1.807, 2.05) is 0 Å². The van der Waals surface area contributed by atoms with E-state index in [4.69, 9.17) is 9.47 Å². The Labute approximate surface area is 230 Å². The summed E-state index contributed by atoms with van der Waals surface area (Å²) in [7, 11) is 1.46. The molecule has 0 aromatic heterocycles. The van der Waals surface area contributed by atoms with Crippen LogP contribution in [0.1, 0.15) is 96.0 Å². The molecule has 0 heterocycles. The highest BCUT2D eigenvalue weighted by molar-refractivity contribution is 14.1. The fourth-order valence-electron chi connectivity index (χ4n) is 3.70. The second-order valence-electron chi connectivity index (χ2n) is 9.07. The van der Waals surface area contributed by atoms with Gasteiger partial charge in [0.1, 0.15) is 0 Å². The van der Waals surface area contributed by atoms with Gasteiger partial charge in [-0.1, -0.05) is 64.0 Å². The number of halogens is 1. The Morgan fingerprint density at radius 1 is 1.06 bits per heavy atom. The standard InChI is InChI=1S/C28H44INO6/c1-3-4-5-12-15-23(31)16-13-10-8-6-7-9-11-14-17-28(34)36-21-27(33)30-20-22-18-26(35-2)25(32)19-24(22)29/h10,13,18-19,23,31-32H,3-9,11-12,14-17,20-21H2,1-2H3,(H,30,33)/b13-10-. The number of allylic oxidation sites excluding steroid dienone is 1. The van der Waals surface area contributed by atoms with Gasteiger partial charge in [-0.05, 0) is 72.4 Å². The lowest BCUT2D eigenvalue weighted by atomic mass is 10.1. The van der Waals surface area contributed by atoms with Crippen LogP contribution in [0.25, 0.3) is 0 Å². The summed E-state index contributed by atoms with van der Waals surface area (Å²) in [6.07, 6.45) is 16.8. The number of amides is 1. The van der Waals surface area contributed by atoms with E-state index in [-0.39, 0.29) is 36.9 Å². The minimum absolute atomic E-state index is 0.0438. The number of carbonyl (C=O) groups excluding carboxylic acids is 2. The molecule has 0 aliphatic rings. The molecule has 0 radical (unpaired) electrons. The Bertz CT molecular complexity index is 798. The van der Waals surface area contributed by atoms with Crippen LogP contribution in [0.5, 0.6) is 11.5 Å². The molecule has 8 heteroatoms. The maximum absolute atomic E-state index is 12.0. The van der Waals surface area contributed by atoms with Gasteiger partial charge in [0.25, 0.3) is 5.91 Å². The number of benzene rings is 1. The quantitative estimate of drug-likeness (QED) is 0.0700. The zero-order valence-corrected chi connectivity index (χ0v) is 24.1. The van der Waals surface area contributed by atoms with Crippen LogP contribution in [0.2, 0.25) is 0 Å². The van der Waals surface area contributed by atoms with Crippen molar-refractivity contribution in [2.24, 2.45) is 0 Å². The molecule has 7 nitrogen and oxygen atoms in total. The normalized spacial score (nSPS) is 12.0. The molecule has 0 spiro atoms. The van der Waals surface area contributed by atoms with E-state index in [1.165, 1.54) is 26.4 Å². The molecule has 1 aromatic rings. The number of carbonyl (C=O) groups is 2. The monoisotopic (exact) mass is 617 g/mol. The molecule has 0 saturated heterocycles. The third kappa shape index (κ3) is 15.3. The smallest absolute Gasteiger partial charge is 0.306 e. The molecule has 1 atom stereocenters. The van der Waals surface area contributed by atoms with Crippen LogP contribution in [0.4, 0.5) is 0 Å². The summed E-state index contributed by atoms with van der Waals surface area (Å²) in [5.74, 6) is -0.348. The number of hydrogen-bond acceptors (Lipinski definition) is 6. The maximum Gasteiger partial charge on any atom is 0.306 e. The Hall–Kier alpha value is -1.81. The van der Waals surface area contributed by atoms with Crippen molar-refractivity contribution in [1.82, 2.24) is 5.32 Å². The Morgan fingerprint density at radius 2 is 1.78 bits per heavy atom. The van der Waals surface area contributed by atoms with E-state index in [0.717, 1.165) is 66.9 Å². The zero-order chi connectivity index (χ0) is 26.6. The summed E-state index contributed by atoms with van der Waals surface area (Å²) < 4.78 is 11.0. The number of esters is 1. The summed E-state index contributed by atoms with van der Waals surface area (Å²) in [6, 6.07) is 3.24. The Balaban J connectivity index is 2.03. The van der Waals surface area contributed by atoms with E-state index < -0.39 is 0 Å². The lowest BCUT2D eigenvalue weighted by Gasteiger charge is -2.11. The molecule has 0 bridgehead atoms. The van der Waals surface area contributed by atoms with Crippen molar-refractivity contribution in [3.05, 3.63) is 33.4 Å². The first-order valence-corrected chi connectivity index (χ1v) is 14.3. The number of aliphatic hydroxyl groups excluding tert-OH is 1. The highest BCUT2D eigenvalue weighted by Crippen LogP contribution is 2.30. The van der Waals surface area contributed by atoms with Gasteiger partial charge >= 0.3 is 5.97 Å². The predicted molar refractivity (Wildman–Crippen MR) is 151 cm³/mol. The van der Waals surface area contributed by atoms with Crippen molar-refractivity contribution >= 4 is 34.5 Å². The van der Waals surface area contributed by atoms with Gasteiger partial charge in [0, 0.05) is 16.5 Å². The van der Waals surface area contributed by atoms with E-state index in [0.29, 0.717) is 12.2 Å². The molecule has 204 valence electrons. The van der Waals surface area contributed by atoms with Crippen molar-refractivity contribution < 1.29 is 29.3 Å². The molecule has 3 N–H and O–H groups in total. The highest BCUT2D eigenvalue weighted by atomic mass is 127. The SMILES string of the molecule is CCCCCCC(O)C/C=C\CCCCCCCC(=O)OCC(=O)NCc1cc(OC)c(O)cc1I. The van der Waals surface area contributed by atoms with Crippen molar-refractivity contribution in [3.63, 3.8) is 0 Å². The molecule has 0 saturated carbocycles. The number of methoxy groups -OCH3 is 1. The molecule has 1 amide bonds. The van der Waals surface area contributed by atoms with Crippen molar-refractivity contribution in [2.75, 3.05) is 13.7 Å². The summed E-state index contributed by atoms with van der Waals surface area (Å²) in [6.45, 7) is 2.14. The van der Waals surface area contributed by atoms with Gasteiger partial charge in [0.05, 0.1) is 13.2 Å². The van der Waals surface area contributed by atoms with Crippen molar-refractivity contribution in [3.8, 4) is 11.5 Å². The first kappa shape index (κ1) is 32.2. The lowest BCUT2D eigenvalue weighted by molar-refractivity contribution is -0.148. The number of nitrogens with one attached hydrogen (secondary N) is 1. The van der Waals surface area contributed by atoms with Crippen LogP contribution in [0, 0.1) is 3.57 Å². The number of aromatic hydroxyl groups is 1. The fourth-order valence-corrected chi connectivity index (χ4v) is 4.35. The third-order valence-corrected chi connectivity index (χ3v) is 6.91. The minimum atomic E-state index is -0.372. The third-order valence-electron chi connectivity index (χ3n) is 5.91. The van der Waals surface area contributed by atoms with Gasteiger partial charge in [0.15, 0.2) is 18.1 Å². The van der Waals surface area contributed by atoms with Crippen LogP contribution in [0.15, 0.2) is 24.3 Å². The average Bonchev–Trinajstić information content (AvgIpc) is 2.86. The van der Waals surface area contributed by atoms with Crippen molar-refractivity contribution in [2.45, 2.75) is 103 Å². The number of hydrogen-bond donors (Lipinski definition) is 3. The molecule has 0 fully saturated rings. The van der Waals surface area contributed by atoms with Gasteiger partial charge in [0.2, 0.25) is 0 Å². The molecule has 36 heavy (non-hydrogen) atoms. The lowest BCUT2D eigenvalue weighted by Crippen LogP contribution is -2.28. The summed E-state index contributed by atoms with van der Waals surface area (Å²) in [5, 5.41) is 22.4. The summed E-state index contributed by atoms with van der Waals surface area (Å²) in [5.41, 5.74) is 0.802. The fraction of sp³-hybridized carbons (Fsp3) is 0.643. The van der Waals surface area contributed by atoms with Crippen LogP contribution in [0.3, 0.4) is 0 Å². The Kier molecular flexibility index (Phi) is 18.1. The molecule has 0 aliphatic heterocycles. The van der Waals surface area contributed by atoms with Gasteiger partial charge < -0.3 is 25.0 Å². The van der Waals surface area contributed by atoms with Gasteiger partial charge in [-0.3, -0.25) is 9.59 Å². The largest absolute Gasteiger partial charge is 0.504 e. The van der Waals surface area contributed by atoms with Gasteiger partial charge in [-0.25, -0.2) is 0 Å². The summed E-state index contributed by atoms with van der Waals surface area (Å²) in [4.78, 5) is 23.9. The highest BCUT2D eigenvalue weighted by Gasteiger charge is 2.11. The molecule has 0 aliphatic carbocycles. The molecule has 1 unspecified atom stereocenters. The average molecular weight is 618 g/mol. The molecule has 1 aromatic carbocycles. The van der Waals surface area contributed by atoms with E-state index >= 15 is 0 Å². The minimum Gasteiger partial charge on any atom is -0.504 e. The topological polar surface area (TPSA) is 105 Å². The number of rotatable bonds is 20. The van der Waals surface area contributed by atoms with E-state index in [9.17, 15) is 19.8 Å². The number of aliphatic hydroxyl groups is 1. The van der Waals surface area contributed by atoms with Crippen LogP contribution < -0.4 is 10.1 Å². The second-order valence-corrected chi connectivity index (χ2v) is 10.2. The van der Waals surface area contributed by atoms with Gasteiger partial charge in [-0.2, -0.15) is 0 Å². The predicted octanol–water partition coefficient (Wildman–Crippen LogP) is 6.17. The number of unbranched alkanes of at least 4 members (excludes halogenated alkanes) is 8. The molecule has 1 rings (SSSR count). The Morgan fingerprint density at radius 3 is 2.53 bits per heavy atom. The van der Waals surface area contributed by atoms with Crippen LogP contribution in [-0.4, -0.2) is 41.9 Å². The number of phenolic OH excluding ortho intramolecular Hbond substituents is 1. The number of phenols is 1. The zero-order valence-electron chi connectivity index (χ0n) is 21.9. The first-order chi connectivity index (χ1) is 17.4. The van der Waals surface area contributed by atoms with E-state index in [2.05, 4.69) is 47.0 Å². The maximum atomic E-state index is 12.0. The number of ether oxygens (including phenoxy) is 2.